The van der Waals surface area contributed by atoms with Crippen LogP contribution in [-0.4, -0.2) is 9.13 Å². The van der Waals surface area contributed by atoms with Crippen molar-refractivity contribution < 1.29 is 8.22 Å². The van der Waals surface area contributed by atoms with E-state index < -0.39 is 13.7 Å². The van der Waals surface area contributed by atoms with Crippen molar-refractivity contribution in [2.45, 2.75) is 13.7 Å². The van der Waals surface area contributed by atoms with E-state index in [2.05, 4.69) is 54.6 Å². The maximum absolute atomic E-state index is 9.25. The van der Waals surface area contributed by atoms with Gasteiger partial charge in [0.2, 0.25) is 0 Å². The molecule has 0 aliphatic heterocycles. The summed E-state index contributed by atoms with van der Waals surface area (Å²) >= 11 is 0. The third-order valence-electron chi connectivity index (χ3n) is 10.4. The van der Waals surface area contributed by atoms with Crippen LogP contribution in [0.1, 0.15) is 19.4 Å². The number of aryl methyl sites for hydroxylation is 2. The molecule has 0 atom stereocenters. The number of rotatable bonds is 5. The second-order valence-electron chi connectivity index (χ2n) is 13.3. The van der Waals surface area contributed by atoms with Gasteiger partial charge >= 0.3 is 0 Å². The van der Waals surface area contributed by atoms with E-state index in [-0.39, 0.29) is 11.1 Å². The highest BCUT2D eigenvalue weighted by Crippen LogP contribution is 2.45. The van der Waals surface area contributed by atoms with Gasteiger partial charge in [0, 0.05) is 41.1 Å². The van der Waals surface area contributed by atoms with Crippen LogP contribution in [0.3, 0.4) is 0 Å². The Labute approximate surface area is 311 Å². The summed E-state index contributed by atoms with van der Waals surface area (Å²) in [7, 11) is 0. The quantitative estimate of drug-likeness (QED) is 0.172. The molecule has 0 saturated carbocycles. The molecule has 10 rings (SSSR count). The van der Waals surface area contributed by atoms with Crippen molar-refractivity contribution in [1.29, 1.82) is 0 Å². The fourth-order valence-electron chi connectivity index (χ4n) is 7.98. The van der Waals surface area contributed by atoms with Crippen LogP contribution >= 0.6 is 0 Å². The van der Waals surface area contributed by atoms with E-state index in [0.717, 1.165) is 55.8 Å². The molecule has 2 nitrogen and oxygen atoms in total. The van der Waals surface area contributed by atoms with Crippen LogP contribution < -0.4 is 0 Å². The molecule has 0 fully saturated rings. The number of nitrogens with zero attached hydrogens (tertiary/aromatic N) is 2. The molecule has 52 heavy (non-hydrogen) atoms. The Morgan fingerprint density at radius 3 is 1.27 bits per heavy atom. The van der Waals surface area contributed by atoms with E-state index >= 15 is 0 Å². The summed E-state index contributed by atoms with van der Waals surface area (Å²) in [6.45, 7) is -5.26. The van der Waals surface area contributed by atoms with Crippen molar-refractivity contribution in [2.75, 3.05) is 0 Å². The van der Waals surface area contributed by atoms with Gasteiger partial charge in [-0.15, -0.1) is 0 Å². The summed E-state index contributed by atoms with van der Waals surface area (Å²) in [5.41, 5.74) is 10.2. The average molecular weight is 671 g/mol. The zero-order valence-electron chi connectivity index (χ0n) is 34.2. The summed E-state index contributed by atoms with van der Waals surface area (Å²) in [4.78, 5) is 0. The highest BCUT2D eigenvalue weighted by molar-refractivity contribution is 6.23. The fraction of sp³-hybridized carbons (Fsp3) is 0.0400. The van der Waals surface area contributed by atoms with E-state index in [1.54, 1.807) is 0 Å². The second kappa shape index (κ2) is 12.0. The van der Waals surface area contributed by atoms with Crippen LogP contribution in [0.15, 0.2) is 182 Å². The lowest BCUT2D eigenvalue weighted by atomic mass is 9.98. The topological polar surface area (TPSA) is 9.86 Å². The van der Waals surface area contributed by atoms with Crippen LogP contribution in [0.5, 0.6) is 0 Å². The molecule has 2 heterocycles. The van der Waals surface area contributed by atoms with Gasteiger partial charge < -0.3 is 9.13 Å². The van der Waals surface area contributed by atoms with E-state index in [1.807, 2.05) is 137 Å². The van der Waals surface area contributed by atoms with Gasteiger partial charge in [0.15, 0.2) is 0 Å². The minimum Gasteiger partial charge on any atom is -0.309 e. The Balaban J connectivity index is 1.30. The molecular weight excluding hydrogens is 629 g/mol. The zero-order chi connectivity index (χ0) is 39.8. The van der Waals surface area contributed by atoms with Gasteiger partial charge in [-0.3, -0.25) is 0 Å². The molecule has 2 aromatic heterocycles. The first-order valence-corrected chi connectivity index (χ1v) is 17.5. The summed E-state index contributed by atoms with van der Waals surface area (Å²) in [6.07, 6.45) is 0. The fourth-order valence-corrected chi connectivity index (χ4v) is 7.98. The van der Waals surface area contributed by atoms with E-state index in [1.165, 1.54) is 0 Å². The van der Waals surface area contributed by atoms with Crippen LogP contribution in [-0.2, 0) is 0 Å². The lowest BCUT2D eigenvalue weighted by molar-refractivity contribution is 1.16. The van der Waals surface area contributed by atoms with Gasteiger partial charge in [-0.1, -0.05) is 146 Å². The summed E-state index contributed by atoms with van der Waals surface area (Å²) < 4.78 is 59.3. The zero-order valence-corrected chi connectivity index (χ0v) is 28.2. The molecule has 0 bridgehead atoms. The number of benzene rings is 8. The maximum Gasteiger partial charge on any atom is 0.0580 e. The molecule has 2 heteroatoms. The molecule has 0 N–H and O–H groups in total. The minimum atomic E-state index is -2.63. The number of hydrogen-bond acceptors (Lipinski definition) is 0. The predicted molar refractivity (Wildman–Crippen MR) is 221 cm³/mol. The lowest BCUT2D eigenvalue weighted by Gasteiger charge is -2.15. The van der Waals surface area contributed by atoms with Gasteiger partial charge in [0.25, 0.3) is 0 Å². The molecule has 10 aromatic rings. The molecule has 0 unspecified atom stereocenters. The molecule has 0 radical (unpaired) electrons. The van der Waals surface area contributed by atoms with Crippen LogP contribution in [0.4, 0.5) is 0 Å². The molecule has 8 aromatic carbocycles. The molecule has 0 aliphatic carbocycles. The highest BCUT2D eigenvalue weighted by Gasteiger charge is 2.24. The Kier molecular flexibility index (Phi) is 5.65. The summed E-state index contributed by atoms with van der Waals surface area (Å²) in [6, 6.07) is 60.1. The molecule has 0 aliphatic rings. The number of hydrogen-bond donors (Lipinski definition) is 0. The molecule has 0 saturated heterocycles. The van der Waals surface area contributed by atoms with Crippen molar-refractivity contribution in [2.24, 2.45) is 0 Å². The largest absolute Gasteiger partial charge is 0.309 e. The standard InChI is InChI=1S/C50H36N2/c1-33-48-44-21-10-12-23-46(44)52(42-19-13-18-40(32-42)39-26-24-37(25-27-39)35-14-5-3-6-15-35)50(48)34(2)47-43-20-9-11-22-45(43)51(49(33)47)41-30-28-38(29-31-41)36-16-7-4-8-17-36/h3-32H,1-2H3/i1D3,2D3. The first kappa shape index (κ1) is 24.5. The van der Waals surface area contributed by atoms with Crippen molar-refractivity contribution in [3.63, 3.8) is 0 Å². The van der Waals surface area contributed by atoms with Gasteiger partial charge in [-0.25, -0.2) is 0 Å². The van der Waals surface area contributed by atoms with Crippen LogP contribution in [0.25, 0.3) is 88.4 Å². The third kappa shape index (κ3) is 4.65. The molecule has 0 spiro atoms. The number of aromatic nitrogens is 2. The van der Waals surface area contributed by atoms with Crippen molar-refractivity contribution in [3.8, 4) is 44.8 Å². The normalized spacial score (nSPS) is 13.8. The summed E-state index contributed by atoms with van der Waals surface area (Å²) in [5.74, 6) is 0. The smallest absolute Gasteiger partial charge is 0.0580 e. The number of fused-ring (bicyclic) bond motifs is 6. The van der Waals surface area contributed by atoms with E-state index in [9.17, 15) is 8.22 Å². The van der Waals surface area contributed by atoms with Crippen molar-refractivity contribution in [3.05, 3.63) is 193 Å². The Bertz CT molecular complexity index is 3160. The SMILES string of the molecule is [2H]C([2H])([2H])c1c2c3ccccc3n(-c3cccc(-c4ccc(-c5ccccc5)cc4)c3)c2c(C([2H])([2H])[2H])c2c3ccccc3n(-c3ccc(-c4ccccc4)cc3)c12. The molecule has 0 amide bonds. The van der Waals surface area contributed by atoms with E-state index in [4.69, 9.17) is 0 Å². The lowest BCUT2D eigenvalue weighted by Crippen LogP contribution is -1.99. The second-order valence-corrected chi connectivity index (χ2v) is 13.3. The average Bonchev–Trinajstić information content (AvgIpc) is 3.76. The van der Waals surface area contributed by atoms with Crippen molar-refractivity contribution >= 4 is 43.6 Å². The Morgan fingerprint density at radius 1 is 0.346 bits per heavy atom. The van der Waals surface area contributed by atoms with Gasteiger partial charge in [-0.05, 0) is 94.6 Å². The van der Waals surface area contributed by atoms with Gasteiger partial charge in [-0.2, -0.15) is 0 Å². The maximum atomic E-state index is 9.25. The van der Waals surface area contributed by atoms with Gasteiger partial charge in [0.1, 0.15) is 0 Å². The first-order chi connectivity index (χ1) is 28.1. The predicted octanol–water partition coefficient (Wildman–Crippen LogP) is 13.5. The number of para-hydroxylation sites is 2. The summed E-state index contributed by atoms with van der Waals surface area (Å²) in [5, 5.41) is 2.17. The molecular formula is C50H36N2. The van der Waals surface area contributed by atoms with Gasteiger partial charge in [0.05, 0.1) is 22.1 Å². The van der Waals surface area contributed by atoms with Crippen molar-refractivity contribution in [1.82, 2.24) is 9.13 Å². The van der Waals surface area contributed by atoms with E-state index in [0.29, 0.717) is 32.6 Å². The highest BCUT2D eigenvalue weighted by atomic mass is 15.0. The Morgan fingerprint density at radius 2 is 0.750 bits per heavy atom. The van der Waals surface area contributed by atoms with Crippen LogP contribution in [0, 0.1) is 13.7 Å². The third-order valence-corrected chi connectivity index (χ3v) is 10.4. The van der Waals surface area contributed by atoms with Crippen LogP contribution in [0.2, 0.25) is 0 Å². The minimum absolute atomic E-state index is 0.121. The Hall–Kier alpha value is -6.64. The first-order valence-electron chi connectivity index (χ1n) is 20.5. The molecule has 246 valence electrons. The monoisotopic (exact) mass is 670 g/mol.